The molecule has 25 heavy (non-hydrogen) atoms. The molecule has 1 fully saturated rings. The molecule has 1 N–H and O–H groups in total. The molecule has 1 amide bonds. The number of thiazole rings is 1. The van der Waals surface area contributed by atoms with Crippen LogP contribution in [0.3, 0.4) is 0 Å². The number of aromatic nitrogens is 3. The summed E-state index contributed by atoms with van der Waals surface area (Å²) in [7, 11) is 0. The van der Waals surface area contributed by atoms with E-state index in [2.05, 4.69) is 25.2 Å². The Balaban J connectivity index is 1.58. The molecule has 3 heterocycles. The molecule has 0 bridgehead atoms. The van der Waals surface area contributed by atoms with Crippen molar-refractivity contribution in [2.45, 2.75) is 40.2 Å². The molecule has 1 aliphatic rings. The summed E-state index contributed by atoms with van der Waals surface area (Å²) in [5.74, 6) is 0.595. The highest BCUT2D eigenvalue weighted by Crippen LogP contribution is 2.27. The Labute approximate surface area is 150 Å². The van der Waals surface area contributed by atoms with Gasteiger partial charge in [-0.25, -0.2) is 9.97 Å². The van der Waals surface area contributed by atoms with Crippen molar-refractivity contribution >= 4 is 22.4 Å². The zero-order valence-electron chi connectivity index (χ0n) is 14.7. The maximum Gasteiger partial charge on any atom is 0.230 e. The number of amides is 1. The quantitative estimate of drug-likeness (QED) is 0.884. The van der Waals surface area contributed by atoms with E-state index in [-0.39, 0.29) is 5.91 Å². The van der Waals surface area contributed by atoms with Crippen molar-refractivity contribution in [2.75, 3.05) is 18.4 Å². The number of nitrogens with zero attached hydrogens (tertiary/aromatic N) is 4. The average Bonchev–Trinajstić information content (AvgIpc) is 3.05. The van der Waals surface area contributed by atoms with Crippen LogP contribution in [0.5, 0.6) is 0 Å². The third-order valence-corrected chi connectivity index (χ3v) is 5.12. The van der Waals surface area contributed by atoms with Crippen molar-refractivity contribution < 1.29 is 9.18 Å². The summed E-state index contributed by atoms with van der Waals surface area (Å²) in [6, 6.07) is 2.04. The third kappa shape index (κ3) is 4.79. The Morgan fingerprint density at radius 3 is 2.92 bits per heavy atom. The van der Waals surface area contributed by atoms with Crippen LogP contribution < -0.4 is 5.32 Å². The first-order valence-corrected chi connectivity index (χ1v) is 9.17. The summed E-state index contributed by atoms with van der Waals surface area (Å²) in [4.78, 5) is 26.5. The highest BCUT2D eigenvalue weighted by atomic mass is 32.1. The van der Waals surface area contributed by atoms with E-state index in [0.717, 1.165) is 43.1 Å². The van der Waals surface area contributed by atoms with Crippen LogP contribution in [0.4, 0.5) is 9.52 Å². The van der Waals surface area contributed by atoms with Crippen LogP contribution in [0.25, 0.3) is 0 Å². The number of carbonyl (C=O) groups excluding carboxylic acids is 1. The molecule has 134 valence electrons. The van der Waals surface area contributed by atoms with Gasteiger partial charge in [-0.05, 0) is 45.2 Å². The number of likely N-dealkylation sites (tertiary alicyclic amines) is 1. The Bertz CT molecular complexity index is 758. The van der Waals surface area contributed by atoms with Crippen molar-refractivity contribution in [1.82, 2.24) is 19.9 Å². The Morgan fingerprint density at radius 1 is 1.40 bits per heavy atom. The molecule has 8 heteroatoms. The van der Waals surface area contributed by atoms with Crippen molar-refractivity contribution in [3.05, 3.63) is 34.1 Å². The second-order valence-corrected chi connectivity index (χ2v) is 7.64. The predicted molar refractivity (Wildman–Crippen MR) is 95.0 cm³/mol. The molecule has 3 rings (SSSR count). The summed E-state index contributed by atoms with van der Waals surface area (Å²) in [6.07, 6.45) is 1.99. The molecule has 0 unspecified atom stereocenters. The molecule has 0 radical (unpaired) electrons. The minimum absolute atomic E-state index is 0.239. The normalized spacial score (nSPS) is 17.8. The van der Waals surface area contributed by atoms with Gasteiger partial charge in [-0.2, -0.15) is 9.37 Å². The Kier molecular flexibility index (Phi) is 5.39. The lowest BCUT2D eigenvalue weighted by Gasteiger charge is -2.14. The summed E-state index contributed by atoms with van der Waals surface area (Å²) in [6.45, 7) is 7.66. The van der Waals surface area contributed by atoms with E-state index >= 15 is 0 Å². The van der Waals surface area contributed by atoms with Crippen LogP contribution in [0.15, 0.2) is 6.07 Å². The maximum absolute atomic E-state index is 14.0. The zero-order valence-corrected chi connectivity index (χ0v) is 15.5. The van der Waals surface area contributed by atoms with E-state index in [1.165, 1.54) is 18.3 Å². The first-order chi connectivity index (χ1) is 11.9. The number of hydrogen-bond acceptors (Lipinski definition) is 6. The van der Waals surface area contributed by atoms with Crippen LogP contribution in [0.1, 0.15) is 35.4 Å². The fourth-order valence-corrected chi connectivity index (χ4v) is 4.19. The predicted octanol–water partition coefficient (Wildman–Crippen LogP) is 2.71. The van der Waals surface area contributed by atoms with Crippen LogP contribution in [0.2, 0.25) is 0 Å². The molecule has 1 atom stereocenters. The van der Waals surface area contributed by atoms with E-state index in [1.54, 1.807) is 0 Å². The molecule has 2 aromatic heterocycles. The van der Waals surface area contributed by atoms with E-state index < -0.39 is 5.95 Å². The van der Waals surface area contributed by atoms with Gasteiger partial charge >= 0.3 is 0 Å². The second kappa shape index (κ2) is 7.53. The van der Waals surface area contributed by atoms with E-state index in [4.69, 9.17) is 0 Å². The molecular weight excluding hydrogens is 341 g/mol. The SMILES string of the molecule is CC(=O)Nc1nc(F)c(CN2CC[C@H](Cc3cc(C)nc(C)n3)C2)s1. The van der Waals surface area contributed by atoms with Crippen LogP contribution >= 0.6 is 11.3 Å². The van der Waals surface area contributed by atoms with Gasteiger partial charge in [0.15, 0.2) is 5.13 Å². The zero-order chi connectivity index (χ0) is 18.0. The van der Waals surface area contributed by atoms with Gasteiger partial charge in [0.05, 0.1) is 4.88 Å². The Morgan fingerprint density at radius 2 is 2.20 bits per heavy atom. The third-order valence-electron chi connectivity index (χ3n) is 4.19. The molecule has 6 nitrogen and oxygen atoms in total. The Hall–Kier alpha value is -1.93. The fraction of sp³-hybridized carbons (Fsp3) is 0.529. The second-order valence-electron chi connectivity index (χ2n) is 6.56. The van der Waals surface area contributed by atoms with Crippen molar-refractivity contribution in [1.29, 1.82) is 0 Å². The van der Waals surface area contributed by atoms with Gasteiger partial charge in [0.2, 0.25) is 11.9 Å². The molecule has 1 saturated heterocycles. The largest absolute Gasteiger partial charge is 0.302 e. The molecule has 0 saturated carbocycles. The van der Waals surface area contributed by atoms with E-state index in [1.807, 2.05) is 19.9 Å². The van der Waals surface area contributed by atoms with Crippen molar-refractivity contribution in [3.63, 3.8) is 0 Å². The van der Waals surface area contributed by atoms with Gasteiger partial charge in [-0.1, -0.05) is 11.3 Å². The van der Waals surface area contributed by atoms with Gasteiger partial charge in [0, 0.05) is 31.4 Å². The smallest absolute Gasteiger partial charge is 0.230 e. The molecule has 0 aromatic carbocycles. The van der Waals surface area contributed by atoms with Crippen molar-refractivity contribution in [3.8, 4) is 0 Å². The summed E-state index contributed by atoms with van der Waals surface area (Å²) >= 11 is 1.20. The number of rotatable bonds is 5. The molecule has 0 spiro atoms. The minimum Gasteiger partial charge on any atom is -0.302 e. The van der Waals surface area contributed by atoms with Gasteiger partial charge in [0.1, 0.15) is 5.82 Å². The number of aryl methyl sites for hydroxylation is 2. The lowest BCUT2D eigenvalue weighted by molar-refractivity contribution is -0.114. The molecule has 1 aliphatic heterocycles. The number of hydrogen-bond donors (Lipinski definition) is 1. The van der Waals surface area contributed by atoms with E-state index in [9.17, 15) is 9.18 Å². The van der Waals surface area contributed by atoms with Gasteiger partial charge in [-0.3, -0.25) is 9.69 Å². The average molecular weight is 363 g/mol. The number of carbonyl (C=O) groups is 1. The molecular formula is C17H22FN5OS. The number of halogens is 1. The highest BCUT2D eigenvalue weighted by Gasteiger charge is 2.25. The van der Waals surface area contributed by atoms with Gasteiger partial charge < -0.3 is 5.32 Å². The highest BCUT2D eigenvalue weighted by molar-refractivity contribution is 7.15. The van der Waals surface area contributed by atoms with Gasteiger partial charge in [0.25, 0.3) is 0 Å². The number of nitrogens with one attached hydrogen (secondary N) is 1. The molecule has 0 aliphatic carbocycles. The monoisotopic (exact) mass is 363 g/mol. The first-order valence-electron chi connectivity index (χ1n) is 8.35. The van der Waals surface area contributed by atoms with Crippen LogP contribution in [0, 0.1) is 25.7 Å². The topological polar surface area (TPSA) is 71.0 Å². The van der Waals surface area contributed by atoms with E-state index in [0.29, 0.717) is 22.5 Å². The summed E-state index contributed by atoms with van der Waals surface area (Å²) in [5, 5.41) is 2.86. The first kappa shape index (κ1) is 17.9. The summed E-state index contributed by atoms with van der Waals surface area (Å²) in [5.41, 5.74) is 2.07. The van der Waals surface area contributed by atoms with Gasteiger partial charge in [-0.15, -0.1) is 0 Å². The molecule has 2 aromatic rings. The van der Waals surface area contributed by atoms with Crippen LogP contribution in [-0.2, 0) is 17.8 Å². The van der Waals surface area contributed by atoms with Crippen LogP contribution in [-0.4, -0.2) is 38.8 Å². The number of anilines is 1. The standard InChI is InChI=1S/C17H22FN5OS/c1-10-6-14(20-11(2)19-10)7-13-4-5-23(8-13)9-15-16(18)22-17(25-15)21-12(3)24/h6,13H,4-5,7-9H2,1-3H3,(H,21,22,24)/t13-/m1/s1. The fourth-order valence-electron chi connectivity index (χ4n) is 3.25. The minimum atomic E-state index is -0.487. The maximum atomic E-state index is 14.0. The lowest BCUT2D eigenvalue weighted by Crippen LogP contribution is -2.20. The van der Waals surface area contributed by atoms with Crippen molar-refractivity contribution in [2.24, 2.45) is 5.92 Å². The summed E-state index contributed by atoms with van der Waals surface area (Å²) < 4.78 is 14.0. The lowest BCUT2D eigenvalue weighted by atomic mass is 10.0.